The van der Waals surface area contributed by atoms with Crippen molar-refractivity contribution in [2.45, 2.75) is 69.9 Å². The van der Waals surface area contributed by atoms with Crippen molar-refractivity contribution in [1.82, 2.24) is 9.47 Å². The zero-order chi connectivity index (χ0) is 33.1. The minimum Gasteiger partial charge on any atom is -0.508 e. The first-order valence-corrected chi connectivity index (χ1v) is 16.1. The maximum absolute atomic E-state index is 11.5. The predicted octanol–water partition coefficient (Wildman–Crippen LogP) is 3.90. The summed E-state index contributed by atoms with van der Waals surface area (Å²) in [4.78, 5) is 14.0. The third-order valence-corrected chi connectivity index (χ3v) is 9.13. The molecule has 5 N–H and O–H groups in total. The topological polar surface area (TPSA) is 154 Å². The Morgan fingerprint density at radius 2 is 1.55 bits per heavy atom. The van der Waals surface area contributed by atoms with E-state index in [1.54, 1.807) is 24.3 Å². The number of phenolic OH excluding ortho intramolecular Hbond substituents is 1. The molecule has 11 nitrogen and oxygen atoms in total. The van der Waals surface area contributed by atoms with Gasteiger partial charge in [0.1, 0.15) is 42.2 Å². The molecule has 0 aliphatic carbocycles. The second-order valence-electron chi connectivity index (χ2n) is 12.4. The molecule has 6 rings (SSSR count). The number of ether oxygens (including phenoxy) is 3. The predicted molar refractivity (Wildman–Crippen MR) is 175 cm³/mol. The number of hydrogen-bond donors (Lipinski definition) is 5. The number of benzene rings is 3. The van der Waals surface area contributed by atoms with E-state index in [-0.39, 0.29) is 11.5 Å². The minimum absolute atomic E-state index is 0.174. The number of fused-ring (bicyclic) bond motifs is 1. The number of likely N-dealkylation sites (tertiary alicyclic amines) is 1. The lowest BCUT2D eigenvalue weighted by Crippen LogP contribution is -2.61. The highest BCUT2D eigenvalue weighted by Crippen LogP contribution is 2.37. The molecular formula is C36H42N2O9. The van der Waals surface area contributed by atoms with Crippen LogP contribution in [-0.4, -0.2) is 97.9 Å². The average molecular weight is 647 g/mol. The zero-order valence-electron chi connectivity index (χ0n) is 26.4. The highest BCUT2D eigenvalue weighted by molar-refractivity contribution is 5.92. The van der Waals surface area contributed by atoms with Crippen LogP contribution in [-0.2, 0) is 16.1 Å². The van der Waals surface area contributed by atoms with E-state index >= 15 is 0 Å². The van der Waals surface area contributed by atoms with Crippen molar-refractivity contribution in [3.63, 3.8) is 0 Å². The van der Waals surface area contributed by atoms with Crippen LogP contribution in [0.2, 0.25) is 0 Å². The van der Waals surface area contributed by atoms with E-state index in [1.807, 2.05) is 37.3 Å². The summed E-state index contributed by atoms with van der Waals surface area (Å²) >= 11 is 0. The minimum atomic E-state index is -1.80. The van der Waals surface area contributed by atoms with E-state index in [0.717, 1.165) is 58.7 Å². The van der Waals surface area contributed by atoms with Crippen molar-refractivity contribution in [2.75, 3.05) is 26.2 Å². The van der Waals surface area contributed by atoms with E-state index in [1.165, 1.54) is 25.7 Å². The molecule has 0 radical (unpaired) electrons. The summed E-state index contributed by atoms with van der Waals surface area (Å²) in [5.41, 5.74) is 4.81. The van der Waals surface area contributed by atoms with Crippen LogP contribution in [0.1, 0.15) is 36.8 Å². The maximum atomic E-state index is 11.5. The maximum Gasteiger partial charge on any atom is 0.335 e. The van der Waals surface area contributed by atoms with E-state index in [2.05, 4.69) is 21.6 Å². The van der Waals surface area contributed by atoms with Gasteiger partial charge in [-0.15, -0.1) is 0 Å². The van der Waals surface area contributed by atoms with Gasteiger partial charge in [-0.2, -0.15) is 0 Å². The lowest BCUT2D eigenvalue weighted by molar-refractivity contribution is -0.271. The third kappa shape index (κ3) is 7.24. The number of aromatic hydroxyl groups is 1. The number of phenols is 1. The highest BCUT2D eigenvalue weighted by Gasteiger charge is 2.48. The second-order valence-corrected chi connectivity index (χ2v) is 12.4. The quantitative estimate of drug-likeness (QED) is 0.171. The molecule has 0 spiro atoms. The number of aliphatic hydroxyl groups excluding tert-OH is 3. The van der Waals surface area contributed by atoms with Crippen molar-refractivity contribution >= 4 is 16.9 Å². The Morgan fingerprint density at radius 3 is 2.23 bits per heavy atom. The van der Waals surface area contributed by atoms with E-state index in [0.29, 0.717) is 13.2 Å². The Kier molecular flexibility index (Phi) is 10.00. The molecule has 250 valence electrons. The van der Waals surface area contributed by atoms with Crippen LogP contribution >= 0.6 is 0 Å². The molecule has 2 aliphatic heterocycles. The molecule has 5 atom stereocenters. The van der Waals surface area contributed by atoms with Crippen LogP contribution < -0.4 is 9.47 Å². The van der Waals surface area contributed by atoms with Gasteiger partial charge in [-0.05, 0) is 104 Å². The molecule has 0 unspecified atom stereocenters. The van der Waals surface area contributed by atoms with E-state index in [4.69, 9.17) is 14.2 Å². The fourth-order valence-electron chi connectivity index (χ4n) is 6.55. The van der Waals surface area contributed by atoms with Crippen molar-refractivity contribution in [3.8, 4) is 28.5 Å². The Balaban J connectivity index is 1.20. The van der Waals surface area contributed by atoms with Crippen LogP contribution in [0.5, 0.6) is 17.2 Å². The van der Waals surface area contributed by atoms with Crippen molar-refractivity contribution < 1.29 is 44.5 Å². The number of carbonyl (C=O) groups is 1. The molecule has 3 heterocycles. The summed E-state index contributed by atoms with van der Waals surface area (Å²) in [5, 5.41) is 51.0. The zero-order valence-corrected chi connectivity index (χ0v) is 26.4. The van der Waals surface area contributed by atoms with Gasteiger partial charge < -0.3 is 44.3 Å². The number of hydrogen-bond acceptors (Lipinski definition) is 9. The summed E-state index contributed by atoms with van der Waals surface area (Å²) in [5.74, 6) is -0.198. The van der Waals surface area contributed by atoms with Gasteiger partial charge in [0.2, 0.25) is 6.29 Å². The molecule has 3 aromatic carbocycles. The number of aliphatic hydroxyl groups is 3. The van der Waals surface area contributed by atoms with Crippen LogP contribution in [0.25, 0.3) is 22.2 Å². The highest BCUT2D eigenvalue weighted by atomic mass is 16.7. The monoisotopic (exact) mass is 646 g/mol. The molecule has 0 bridgehead atoms. The van der Waals surface area contributed by atoms with Gasteiger partial charge in [0.25, 0.3) is 0 Å². The van der Waals surface area contributed by atoms with Gasteiger partial charge in [0.15, 0.2) is 6.10 Å². The summed E-state index contributed by atoms with van der Waals surface area (Å²) in [6.45, 7) is 6.44. The summed E-state index contributed by atoms with van der Waals surface area (Å²) < 4.78 is 19.2. The Hall–Kier alpha value is -4.13. The van der Waals surface area contributed by atoms with Gasteiger partial charge >= 0.3 is 5.97 Å². The SMILES string of the molecule is Cc1c(-c2ccc(O[C@@H]3O[C@H](C(=O)O)[C@@H](O)[C@H](O)[C@H]3O)cc2)n(Cc2ccc(OCCN3CCCCCC3)cc2)c2ccc(O)cc12. The lowest BCUT2D eigenvalue weighted by Gasteiger charge is -2.38. The molecule has 0 amide bonds. The second kappa shape index (κ2) is 14.3. The van der Waals surface area contributed by atoms with Crippen LogP contribution in [0.3, 0.4) is 0 Å². The third-order valence-electron chi connectivity index (χ3n) is 9.13. The molecule has 4 aromatic rings. The van der Waals surface area contributed by atoms with Gasteiger partial charge in [-0.3, -0.25) is 4.90 Å². The lowest BCUT2D eigenvalue weighted by atomic mass is 9.99. The van der Waals surface area contributed by atoms with Gasteiger partial charge in [-0.1, -0.05) is 25.0 Å². The molecule has 2 fully saturated rings. The molecule has 1 aromatic heterocycles. The molecule has 2 saturated heterocycles. The average Bonchev–Trinajstić information content (AvgIpc) is 3.19. The van der Waals surface area contributed by atoms with Crippen LogP contribution in [0.4, 0.5) is 0 Å². The first kappa shape index (κ1) is 32.8. The van der Waals surface area contributed by atoms with Gasteiger partial charge in [-0.25, -0.2) is 4.79 Å². The number of carboxylic acids is 1. The molecule has 0 saturated carbocycles. The first-order chi connectivity index (χ1) is 22.7. The summed E-state index contributed by atoms with van der Waals surface area (Å²) in [7, 11) is 0. The molecule has 2 aliphatic rings. The number of aryl methyl sites for hydroxylation is 1. The standard InChI is InChI=1S/C36H42N2O9/c1-22-28-20-25(39)10-15-29(28)38(21-23-6-11-26(12-7-23)45-19-18-37-16-4-2-3-5-17-37)30(22)24-8-13-27(14-9-24)46-36-33(42)31(40)32(41)34(47-36)35(43)44/h6-15,20,31-34,36,39-42H,2-5,16-19,21H2,1H3,(H,43,44)/t31-,32-,33+,34-,36+/m0/s1. The largest absolute Gasteiger partial charge is 0.508 e. The Bertz CT molecular complexity index is 1660. The van der Waals surface area contributed by atoms with Crippen LogP contribution in [0.15, 0.2) is 66.7 Å². The first-order valence-electron chi connectivity index (χ1n) is 16.1. The number of nitrogens with zero attached hydrogens (tertiary/aromatic N) is 2. The Labute approximate surface area is 273 Å². The van der Waals surface area contributed by atoms with Crippen molar-refractivity contribution in [3.05, 3.63) is 77.9 Å². The smallest absolute Gasteiger partial charge is 0.335 e. The van der Waals surface area contributed by atoms with E-state index < -0.39 is 36.7 Å². The normalized spacial score (nSPS) is 23.8. The fraction of sp³-hybridized carbons (Fsp3) is 0.417. The van der Waals surface area contributed by atoms with Gasteiger partial charge in [0, 0.05) is 24.0 Å². The number of aromatic nitrogens is 1. The van der Waals surface area contributed by atoms with Crippen LogP contribution in [0, 0.1) is 6.92 Å². The summed E-state index contributed by atoms with van der Waals surface area (Å²) in [6, 6.07) is 20.5. The van der Waals surface area contributed by atoms with Gasteiger partial charge in [0.05, 0.1) is 5.69 Å². The number of carboxylic acid groups (broad SMARTS) is 1. The van der Waals surface area contributed by atoms with Crippen molar-refractivity contribution in [2.24, 2.45) is 0 Å². The number of rotatable bonds is 10. The fourth-order valence-corrected chi connectivity index (χ4v) is 6.55. The molecular weight excluding hydrogens is 604 g/mol. The molecule has 11 heteroatoms. The van der Waals surface area contributed by atoms with E-state index in [9.17, 15) is 30.3 Å². The summed E-state index contributed by atoms with van der Waals surface area (Å²) in [6.07, 6.45) is -3.33. The van der Waals surface area contributed by atoms with Crippen molar-refractivity contribution in [1.29, 1.82) is 0 Å². The Morgan fingerprint density at radius 1 is 0.872 bits per heavy atom. The molecule has 47 heavy (non-hydrogen) atoms. The number of aliphatic carboxylic acids is 1.